The number of aliphatic hydroxyl groups is 1. The molecule has 0 bridgehead atoms. The van der Waals surface area contributed by atoms with Gasteiger partial charge in [0.2, 0.25) is 5.95 Å². The number of nitrogens with zero attached hydrogens (tertiary/aromatic N) is 6. The van der Waals surface area contributed by atoms with Crippen molar-refractivity contribution in [1.29, 1.82) is 0 Å². The Morgan fingerprint density at radius 3 is 2.45 bits per heavy atom. The van der Waals surface area contributed by atoms with Crippen LogP contribution in [0.25, 0.3) is 22.3 Å². The Morgan fingerprint density at radius 1 is 1.02 bits per heavy atom. The number of carbonyl (C=O) groups excluding carboxylic acids is 2. The molecule has 1 aliphatic heterocycles. The van der Waals surface area contributed by atoms with Crippen molar-refractivity contribution < 1.29 is 19.4 Å². The van der Waals surface area contributed by atoms with Crippen LogP contribution in [0.1, 0.15) is 87.2 Å². The predicted molar refractivity (Wildman–Crippen MR) is 167 cm³/mol. The van der Waals surface area contributed by atoms with E-state index in [2.05, 4.69) is 38.2 Å². The third-order valence-corrected chi connectivity index (χ3v) is 8.61. The second-order valence-electron chi connectivity index (χ2n) is 13.0. The highest BCUT2D eigenvalue weighted by atomic mass is 16.6. The molecule has 2 N–H and O–H groups in total. The van der Waals surface area contributed by atoms with Crippen LogP contribution in [0.5, 0.6) is 0 Å². The maximum atomic E-state index is 13.6. The number of pyridine rings is 1. The number of hydrogen-bond acceptors (Lipinski definition) is 7. The number of amides is 2. The lowest BCUT2D eigenvalue weighted by atomic mass is 9.89. The molecule has 4 heterocycles. The molecule has 1 saturated carbocycles. The first kappa shape index (κ1) is 29.8. The van der Waals surface area contributed by atoms with E-state index in [4.69, 9.17) is 9.72 Å². The topological polar surface area (TPSA) is 127 Å². The van der Waals surface area contributed by atoms with Crippen LogP contribution in [0.2, 0.25) is 0 Å². The van der Waals surface area contributed by atoms with Gasteiger partial charge in [-0.3, -0.25) is 19.8 Å². The van der Waals surface area contributed by atoms with E-state index in [1.807, 2.05) is 34.0 Å². The van der Waals surface area contributed by atoms with Crippen LogP contribution in [0.4, 0.5) is 10.7 Å². The van der Waals surface area contributed by atoms with E-state index in [9.17, 15) is 14.7 Å². The molecule has 2 aliphatic rings. The summed E-state index contributed by atoms with van der Waals surface area (Å²) >= 11 is 0. The number of rotatable bonds is 5. The number of benzene rings is 1. The van der Waals surface area contributed by atoms with Crippen molar-refractivity contribution in [3.8, 4) is 11.3 Å². The number of piperidine rings is 1. The van der Waals surface area contributed by atoms with Gasteiger partial charge in [-0.05, 0) is 95.0 Å². The van der Waals surface area contributed by atoms with Gasteiger partial charge in [-0.2, -0.15) is 5.10 Å². The number of nitrogens with one attached hydrogen (secondary N) is 1. The Morgan fingerprint density at radius 2 is 1.77 bits per heavy atom. The van der Waals surface area contributed by atoms with Gasteiger partial charge in [0.05, 0.1) is 29.0 Å². The summed E-state index contributed by atoms with van der Waals surface area (Å²) in [5.41, 5.74) is 4.43. The van der Waals surface area contributed by atoms with Crippen molar-refractivity contribution >= 4 is 29.0 Å². The SMILES string of the molecule is Cn1cc(-c2cc(C(=O)Nc3nc4cc(C5CCN(C(=O)OC(C)(C)C)CC5)ccc4n3C3CCC(O)CC3)ccn2)cn1. The lowest BCUT2D eigenvalue weighted by Crippen LogP contribution is -2.41. The van der Waals surface area contributed by atoms with E-state index in [0.29, 0.717) is 49.1 Å². The maximum absolute atomic E-state index is 13.6. The Kier molecular flexibility index (Phi) is 8.15. The molecule has 6 rings (SSSR count). The number of aromatic nitrogens is 5. The van der Waals surface area contributed by atoms with Crippen molar-refractivity contribution in [2.24, 2.45) is 7.05 Å². The van der Waals surface area contributed by atoms with Crippen LogP contribution in [0, 0.1) is 0 Å². The fourth-order valence-corrected chi connectivity index (χ4v) is 6.32. The quantitative estimate of drug-likeness (QED) is 0.302. The molecule has 1 aromatic carbocycles. The number of carbonyl (C=O) groups is 2. The van der Waals surface area contributed by atoms with Gasteiger partial charge in [-0.1, -0.05) is 6.07 Å². The molecule has 0 atom stereocenters. The van der Waals surface area contributed by atoms with Crippen LogP contribution < -0.4 is 5.32 Å². The molecule has 0 spiro atoms. The highest BCUT2D eigenvalue weighted by molar-refractivity contribution is 6.04. The van der Waals surface area contributed by atoms with Crippen molar-refractivity contribution in [1.82, 2.24) is 29.2 Å². The minimum Gasteiger partial charge on any atom is -0.444 e. The average Bonchev–Trinajstić information content (AvgIpc) is 3.59. The fraction of sp³-hybridized carbons (Fsp3) is 0.485. The molecular weight excluding hydrogens is 558 g/mol. The molecule has 3 aromatic heterocycles. The molecule has 2 fully saturated rings. The first-order valence-corrected chi connectivity index (χ1v) is 15.5. The second-order valence-corrected chi connectivity index (χ2v) is 13.0. The number of anilines is 1. The molecule has 232 valence electrons. The number of aliphatic hydroxyl groups excluding tert-OH is 1. The summed E-state index contributed by atoms with van der Waals surface area (Å²) < 4.78 is 9.40. The van der Waals surface area contributed by atoms with E-state index < -0.39 is 5.60 Å². The first-order chi connectivity index (χ1) is 21.0. The smallest absolute Gasteiger partial charge is 0.410 e. The summed E-state index contributed by atoms with van der Waals surface area (Å²) in [7, 11) is 1.84. The van der Waals surface area contributed by atoms with Crippen molar-refractivity contribution in [2.75, 3.05) is 18.4 Å². The third kappa shape index (κ3) is 6.47. The molecule has 44 heavy (non-hydrogen) atoms. The lowest BCUT2D eigenvalue weighted by molar-refractivity contribution is 0.0204. The van der Waals surface area contributed by atoms with E-state index in [0.717, 1.165) is 42.3 Å². The minimum absolute atomic E-state index is 0.116. The number of imidazole rings is 1. The van der Waals surface area contributed by atoms with Crippen LogP contribution >= 0.6 is 0 Å². The summed E-state index contributed by atoms with van der Waals surface area (Å²) in [4.78, 5) is 37.3. The molecule has 11 heteroatoms. The molecule has 1 aliphatic carbocycles. The average molecular weight is 600 g/mol. The summed E-state index contributed by atoms with van der Waals surface area (Å²) in [5.74, 6) is 0.538. The zero-order valence-electron chi connectivity index (χ0n) is 25.9. The molecule has 2 amide bonds. The van der Waals surface area contributed by atoms with E-state index in [1.165, 1.54) is 5.56 Å². The second kappa shape index (κ2) is 12.0. The van der Waals surface area contributed by atoms with Crippen LogP contribution in [0.3, 0.4) is 0 Å². The van der Waals surface area contributed by atoms with Crippen molar-refractivity contribution in [2.45, 2.75) is 83.0 Å². The van der Waals surface area contributed by atoms with Gasteiger partial charge in [0.1, 0.15) is 5.60 Å². The van der Waals surface area contributed by atoms with Gasteiger partial charge in [0.15, 0.2) is 0 Å². The zero-order valence-corrected chi connectivity index (χ0v) is 25.9. The van der Waals surface area contributed by atoms with Gasteiger partial charge in [0.25, 0.3) is 5.91 Å². The predicted octanol–water partition coefficient (Wildman–Crippen LogP) is 5.67. The van der Waals surface area contributed by atoms with Crippen LogP contribution in [-0.4, -0.2) is 71.1 Å². The molecule has 0 radical (unpaired) electrons. The zero-order chi connectivity index (χ0) is 31.0. The summed E-state index contributed by atoms with van der Waals surface area (Å²) in [6, 6.07) is 9.95. The molecule has 4 aromatic rings. The number of hydrogen-bond donors (Lipinski definition) is 2. The van der Waals surface area contributed by atoms with Crippen LogP contribution in [-0.2, 0) is 11.8 Å². The number of likely N-dealkylation sites (tertiary alicyclic amines) is 1. The van der Waals surface area contributed by atoms with Crippen molar-refractivity contribution in [3.05, 3.63) is 60.0 Å². The highest BCUT2D eigenvalue weighted by Crippen LogP contribution is 2.37. The van der Waals surface area contributed by atoms with E-state index >= 15 is 0 Å². The minimum atomic E-state index is -0.513. The number of fused-ring (bicyclic) bond motifs is 1. The maximum Gasteiger partial charge on any atom is 0.410 e. The molecular formula is C33H41N7O4. The van der Waals surface area contributed by atoms with Crippen molar-refractivity contribution in [3.63, 3.8) is 0 Å². The number of aryl methyl sites for hydroxylation is 1. The summed E-state index contributed by atoms with van der Waals surface area (Å²) in [5, 5.41) is 17.5. The summed E-state index contributed by atoms with van der Waals surface area (Å²) in [6.07, 6.45) is 9.39. The van der Waals surface area contributed by atoms with Gasteiger partial charge in [0, 0.05) is 49.7 Å². The van der Waals surface area contributed by atoms with Gasteiger partial charge in [-0.15, -0.1) is 0 Å². The lowest BCUT2D eigenvalue weighted by Gasteiger charge is -2.33. The van der Waals surface area contributed by atoms with Crippen LogP contribution in [0.15, 0.2) is 48.9 Å². The Balaban J connectivity index is 1.25. The van der Waals surface area contributed by atoms with Gasteiger partial charge < -0.3 is 19.3 Å². The highest BCUT2D eigenvalue weighted by Gasteiger charge is 2.29. The van der Waals surface area contributed by atoms with Gasteiger partial charge in [-0.25, -0.2) is 9.78 Å². The summed E-state index contributed by atoms with van der Waals surface area (Å²) in [6.45, 7) is 6.94. The third-order valence-electron chi connectivity index (χ3n) is 8.61. The van der Waals surface area contributed by atoms with E-state index in [1.54, 1.807) is 34.1 Å². The van der Waals surface area contributed by atoms with E-state index in [-0.39, 0.29) is 24.1 Å². The normalized spacial score (nSPS) is 19.7. The Hall–Kier alpha value is -4.25. The molecule has 11 nitrogen and oxygen atoms in total. The monoisotopic (exact) mass is 599 g/mol. The Bertz CT molecular complexity index is 1650. The molecule has 1 saturated heterocycles. The molecule has 0 unspecified atom stereocenters. The fourth-order valence-electron chi connectivity index (χ4n) is 6.32. The Labute approximate surface area is 257 Å². The number of ether oxygens (including phenoxy) is 1. The standard InChI is InChI=1S/C33H41N7O4/c1-33(2,3)44-32(43)39-15-12-21(13-16-39)22-5-10-29-28(17-22)36-31(40(29)25-6-8-26(41)9-7-25)37-30(42)23-11-14-34-27(18-23)24-19-35-38(4)20-24/h5,10-11,14,17-21,25-26,41H,6-9,12-13,15-16H2,1-4H3,(H,36,37,42). The first-order valence-electron chi connectivity index (χ1n) is 15.5. The largest absolute Gasteiger partial charge is 0.444 e. The van der Waals surface area contributed by atoms with Gasteiger partial charge >= 0.3 is 6.09 Å².